The lowest BCUT2D eigenvalue weighted by Gasteiger charge is -2.12. The van der Waals surface area contributed by atoms with E-state index < -0.39 is 15.8 Å². The van der Waals surface area contributed by atoms with E-state index in [9.17, 15) is 13.2 Å². The first kappa shape index (κ1) is 20.3. The van der Waals surface area contributed by atoms with Crippen LogP contribution in [-0.4, -0.2) is 40.8 Å². The third-order valence-corrected chi connectivity index (χ3v) is 5.05. The van der Waals surface area contributed by atoms with E-state index in [2.05, 4.69) is 0 Å². The molecule has 0 bridgehead atoms. The molecule has 0 saturated carbocycles. The Labute approximate surface area is 157 Å². The van der Waals surface area contributed by atoms with Gasteiger partial charge < -0.3 is 19.3 Å². The lowest BCUT2D eigenvalue weighted by molar-refractivity contribution is 0.0697. The minimum absolute atomic E-state index is 0.0967. The summed E-state index contributed by atoms with van der Waals surface area (Å²) in [5.41, 5.74) is 1.04. The van der Waals surface area contributed by atoms with Gasteiger partial charge in [-0.1, -0.05) is 12.1 Å². The number of aromatic carboxylic acids is 1. The molecular formula is C19H20O7S. The highest BCUT2D eigenvalue weighted by Gasteiger charge is 2.14. The van der Waals surface area contributed by atoms with Crippen LogP contribution in [0.3, 0.4) is 0 Å². The Morgan fingerprint density at radius 1 is 1.00 bits per heavy atom. The Morgan fingerprint density at radius 2 is 1.56 bits per heavy atom. The number of hydrogen-bond donors (Lipinski definition) is 1. The molecule has 0 saturated heterocycles. The van der Waals surface area contributed by atoms with Crippen molar-refractivity contribution in [1.82, 2.24) is 0 Å². The molecule has 0 spiro atoms. The van der Waals surface area contributed by atoms with Gasteiger partial charge in [0, 0.05) is 17.5 Å². The average Bonchev–Trinajstić information content (AvgIpc) is 2.65. The van der Waals surface area contributed by atoms with Crippen LogP contribution in [-0.2, 0) is 15.6 Å². The maximum atomic E-state index is 12.4. The fraction of sp³-hybridized carbons (Fsp3) is 0.211. The fourth-order valence-electron chi connectivity index (χ4n) is 2.39. The maximum Gasteiger partial charge on any atom is 0.335 e. The molecule has 0 amide bonds. The van der Waals surface area contributed by atoms with Crippen LogP contribution in [0.4, 0.5) is 0 Å². The first-order chi connectivity index (χ1) is 12.8. The van der Waals surface area contributed by atoms with Gasteiger partial charge in [-0.2, -0.15) is 0 Å². The summed E-state index contributed by atoms with van der Waals surface area (Å²) in [7, 11) is 0.827. The Morgan fingerprint density at radius 3 is 2.00 bits per heavy atom. The van der Waals surface area contributed by atoms with E-state index in [4.69, 9.17) is 19.3 Å². The standard InChI is InChI=1S/C19H20O7S/c1-24-15-10-17(25-2)16(18(11-15)26-3)8-9-27(22,23)12-13-4-6-14(7-5-13)19(20)21/h4-11H,12H2,1-3H3,(H,20,21)/b9-8+. The molecular weight excluding hydrogens is 372 g/mol. The first-order valence-electron chi connectivity index (χ1n) is 7.82. The molecule has 2 aromatic rings. The second kappa shape index (κ2) is 8.59. The van der Waals surface area contributed by atoms with E-state index in [1.165, 1.54) is 51.7 Å². The summed E-state index contributed by atoms with van der Waals surface area (Å²) < 4.78 is 40.5. The smallest absolute Gasteiger partial charge is 0.335 e. The molecule has 0 aliphatic heterocycles. The van der Waals surface area contributed by atoms with Crippen LogP contribution in [0.25, 0.3) is 6.08 Å². The van der Waals surface area contributed by atoms with Gasteiger partial charge in [-0.3, -0.25) is 0 Å². The number of carboxylic acids is 1. The zero-order valence-electron chi connectivity index (χ0n) is 15.1. The number of benzene rings is 2. The SMILES string of the molecule is COc1cc(OC)c(/C=C/S(=O)(=O)Cc2ccc(C(=O)O)cc2)c(OC)c1. The maximum absolute atomic E-state index is 12.4. The molecule has 0 aliphatic rings. The number of ether oxygens (including phenoxy) is 3. The van der Waals surface area contributed by atoms with Gasteiger partial charge in [0.25, 0.3) is 0 Å². The van der Waals surface area contributed by atoms with Crippen LogP contribution < -0.4 is 14.2 Å². The van der Waals surface area contributed by atoms with E-state index in [1.807, 2.05) is 0 Å². The second-order valence-corrected chi connectivity index (χ2v) is 7.44. The highest BCUT2D eigenvalue weighted by Crippen LogP contribution is 2.35. The van der Waals surface area contributed by atoms with Crippen molar-refractivity contribution in [2.24, 2.45) is 0 Å². The zero-order chi connectivity index (χ0) is 20.0. The number of carboxylic acid groups (broad SMARTS) is 1. The zero-order valence-corrected chi connectivity index (χ0v) is 15.9. The van der Waals surface area contributed by atoms with E-state index in [-0.39, 0.29) is 11.3 Å². The minimum atomic E-state index is -3.60. The summed E-state index contributed by atoms with van der Waals surface area (Å²) in [6, 6.07) is 8.94. The van der Waals surface area contributed by atoms with Gasteiger partial charge in [0.15, 0.2) is 9.84 Å². The van der Waals surface area contributed by atoms with Crippen LogP contribution in [0, 0.1) is 0 Å². The average molecular weight is 392 g/mol. The van der Waals surface area contributed by atoms with Gasteiger partial charge in [-0.15, -0.1) is 0 Å². The molecule has 0 aliphatic carbocycles. The van der Waals surface area contributed by atoms with E-state index in [0.29, 0.717) is 28.4 Å². The van der Waals surface area contributed by atoms with Crippen LogP contribution in [0.1, 0.15) is 21.5 Å². The van der Waals surface area contributed by atoms with Gasteiger partial charge in [0.05, 0.1) is 38.2 Å². The molecule has 2 aromatic carbocycles. The van der Waals surface area contributed by atoms with E-state index in [1.54, 1.807) is 12.1 Å². The summed E-state index contributed by atoms with van der Waals surface area (Å²) in [4.78, 5) is 10.9. The highest BCUT2D eigenvalue weighted by atomic mass is 32.2. The quantitative estimate of drug-likeness (QED) is 0.737. The lowest BCUT2D eigenvalue weighted by atomic mass is 10.1. The Hall–Kier alpha value is -3.00. The van der Waals surface area contributed by atoms with Crippen molar-refractivity contribution in [3.05, 3.63) is 58.5 Å². The van der Waals surface area contributed by atoms with Crippen LogP contribution >= 0.6 is 0 Å². The van der Waals surface area contributed by atoms with Crippen LogP contribution in [0.2, 0.25) is 0 Å². The van der Waals surface area contributed by atoms with Crippen molar-refractivity contribution in [1.29, 1.82) is 0 Å². The monoisotopic (exact) mass is 392 g/mol. The van der Waals surface area contributed by atoms with Crippen molar-refractivity contribution in [2.45, 2.75) is 5.75 Å². The van der Waals surface area contributed by atoms with Gasteiger partial charge in [-0.25, -0.2) is 13.2 Å². The van der Waals surface area contributed by atoms with Crippen LogP contribution in [0.15, 0.2) is 41.8 Å². The molecule has 2 rings (SSSR count). The number of sulfone groups is 1. The molecule has 144 valence electrons. The molecule has 0 atom stereocenters. The molecule has 0 fully saturated rings. The number of rotatable bonds is 8. The summed E-state index contributed by atoms with van der Waals surface area (Å²) in [6.07, 6.45) is 1.40. The molecule has 7 nitrogen and oxygen atoms in total. The van der Waals surface area contributed by atoms with Crippen molar-refractivity contribution >= 4 is 21.9 Å². The van der Waals surface area contributed by atoms with Gasteiger partial charge in [-0.05, 0) is 23.8 Å². The minimum Gasteiger partial charge on any atom is -0.496 e. The van der Waals surface area contributed by atoms with Gasteiger partial charge >= 0.3 is 5.97 Å². The molecule has 8 heteroatoms. The lowest BCUT2D eigenvalue weighted by Crippen LogP contribution is -2.02. The van der Waals surface area contributed by atoms with Crippen molar-refractivity contribution in [2.75, 3.05) is 21.3 Å². The molecule has 0 aromatic heterocycles. The van der Waals surface area contributed by atoms with E-state index >= 15 is 0 Å². The van der Waals surface area contributed by atoms with E-state index in [0.717, 1.165) is 5.41 Å². The van der Waals surface area contributed by atoms with Gasteiger partial charge in [0.2, 0.25) is 0 Å². The Bertz CT molecular complexity index is 920. The molecule has 0 radical (unpaired) electrons. The number of hydrogen-bond acceptors (Lipinski definition) is 6. The van der Waals surface area contributed by atoms with Crippen molar-refractivity contribution in [3.63, 3.8) is 0 Å². The summed E-state index contributed by atoms with van der Waals surface area (Å²) in [5.74, 6) is 0.00151. The Balaban J connectivity index is 2.29. The topological polar surface area (TPSA) is 99.1 Å². The number of carbonyl (C=O) groups is 1. The highest BCUT2D eigenvalue weighted by molar-refractivity contribution is 7.93. The van der Waals surface area contributed by atoms with Crippen LogP contribution in [0.5, 0.6) is 17.2 Å². The summed E-state index contributed by atoms with van der Waals surface area (Å²) in [5, 5.41) is 9.97. The van der Waals surface area contributed by atoms with Gasteiger partial charge in [0.1, 0.15) is 17.2 Å². The molecule has 27 heavy (non-hydrogen) atoms. The van der Waals surface area contributed by atoms with Crippen molar-refractivity contribution < 1.29 is 32.5 Å². The molecule has 0 heterocycles. The molecule has 1 N–H and O–H groups in total. The first-order valence-corrected chi connectivity index (χ1v) is 9.54. The Kier molecular flexibility index (Phi) is 6.46. The normalized spacial score (nSPS) is 11.4. The fourth-order valence-corrected chi connectivity index (χ4v) is 3.49. The number of methoxy groups -OCH3 is 3. The predicted octanol–water partition coefficient (Wildman–Crippen LogP) is 3.00. The summed E-state index contributed by atoms with van der Waals surface area (Å²) in [6.45, 7) is 0. The van der Waals surface area contributed by atoms with Crippen molar-refractivity contribution in [3.8, 4) is 17.2 Å². The third-order valence-electron chi connectivity index (χ3n) is 3.76. The largest absolute Gasteiger partial charge is 0.496 e. The second-order valence-electron chi connectivity index (χ2n) is 5.56. The molecule has 0 unspecified atom stereocenters. The predicted molar refractivity (Wildman–Crippen MR) is 101 cm³/mol. The summed E-state index contributed by atoms with van der Waals surface area (Å²) >= 11 is 0. The third kappa shape index (κ3) is 5.24.